The second-order valence-electron chi connectivity index (χ2n) is 4.27. The highest BCUT2D eigenvalue weighted by Gasteiger charge is 2.17. The summed E-state index contributed by atoms with van der Waals surface area (Å²) < 4.78 is 1.10. The summed E-state index contributed by atoms with van der Waals surface area (Å²) in [4.78, 5) is 2.38. The Morgan fingerprint density at radius 1 is 1.33 bits per heavy atom. The van der Waals surface area contributed by atoms with Gasteiger partial charge in [-0.1, -0.05) is 34.5 Å². The molecule has 0 radical (unpaired) electrons. The van der Waals surface area contributed by atoms with Crippen molar-refractivity contribution in [1.82, 2.24) is 0 Å². The summed E-state index contributed by atoms with van der Waals surface area (Å²) in [7, 11) is 0. The van der Waals surface area contributed by atoms with Gasteiger partial charge in [-0.3, -0.25) is 0 Å². The summed E-state index contributed by atoms with van der Waals surface area (Å²) in [6.07, 6.45) is 2.53. The lowest BCUT2D eigenvalue weighted by atomic mass is 9.99. The van der Waals surface area contributed by atoms with Gasteiger partial charge in [0.1, 0.15) is 0 Å². The van der Waals surface area contributed by atoms with Crippen molar-refractivity contribution in [2.75, 3.05) is 18.0 Å². The first-order valence-electron chi connectivity index (χ1n) is 5.37. The van der Waals surface area contributed by atoms with E-state index in [0.29, 0.717) is 0 Å². The maximum Gasteiger partial charge on any atom is 0.0640 e. The normalized spacial score (nSPS) is 18.2. The Balaban J connectivity index is 2.18. The molecule has 0 amide bonds. The van der Waals surface area contributed by atoms with Crippen LogP contribution in [0.2, 0.25) is 5.02 Å². The highest BCUT2D eigenvalue weighted by atomic mass is 79.9. The van der Waals surface area contributed by atoms with E-state index in [1.54, 1.807) is 0 Å². The number of rotatable bonds is 1. The topological polar surface area (TPSA) is 3.24 Å². The van der Waals surface area contributed by atoms with E-state index in [9.17, 15) is 0 Å². The van der Waals surface area contributed by atoms with Crippen LogP contribution in [-0.4, -0.2) is 13.1 Å². The predicted octanol–water partition coefficient (Wildman–Crippen LogP) is 4.34. The van der Waals surface area contributed by atoms with Crippen LogP contribution in [0.3, 0.4) is 0 Å². The molecular formula is C12H15BrClN. The number of nitrogens with zero attached hydrogens (tertiary/aromatic N) is 1. The fourth-order valence-corrected chi connectivity index (χ4v) is 2.56. The Morgan fingerprint density at radius 3 is 2.67 bits per heavy atom. The second-order valence-corrected chi connectivity index (χ2v) is 5.59. The highest BCUT2D eigenvalue weighted by molar-refractivity contribution is 9.10. The molecular weight excluding hydrogens is 273 g/mol. The van der Waals surface area contributed by atoms with E-state index in [1.807, 2.05) is 12.1 Å². The van der Waals surface area contributed by atoms with Crippen LogP contribution in [0, 0.1) is 5.92 Å². The van der Waals surface area contributed by atoms with Gasteiger partial charge in [-0.05, 0) is 37.0 Å². The first-order chi connectivity index (χ1) is 7.16. The van der Waals surface area contributed by atoms with Crippen LogP contribution in [0.4, 0.5) is 5.69 Å². The van der Waals surface area contributed by atoms with Crippen LogP contribution < -0.4 is 4.90 Å². The first kappa shape index (κ1) is 11.3. The lowest BCUT2D eigenvalue weighted by Crippen LogP contribution is -2.32. The van der Waals surface area contributed by atoms with Gasteiger partial charge >= 0.3 is 0 Å². The average Bonchev–Trinajstić information content (AvgIpc) is 2.23. The molecule has 0 bridgehead atoms. The summed E-state index contributed by atoms with van der Waals surface area (Å²) in [5.41, 5.74) is 1.16. The Morgan fingerprint density at radius 2 is 2.00 bits per heavy atom. The van der Waals surface area contributed by atoms with Crippen LogP contribution in [0.25, 0.3) is 0 Å². The molecule has 0 N–H and O–H groups in total. The van der Waals surface area contributed by atoms with E-state index < -0.39 is 0 Å². The Bertz CT molecular complexity index is 345. The molecule has 1 nitrogen and oxygen atoms in total. The molecule has 15 heavy (non-hydrogen) atoms. The highest BCUT2D eigenvalue weighted by Crippen LogP contribution is 2.31. The number of anilines is 1. The molecule has 0 spiro atoms. The maximum absolute atomic E-state index is 6.20. The van der Waals surface area contributed by atoms with Gasteiger partial charge in [0.15, 0.2) is 0 Å². The average molecular weight is 289 g/mol. The minimum atomic E-state index is 0.854. The van der Waals surface area contributed by atoms with Gasteiger partial charge in [0.25, 0.3) is 0 Å². The van der Waals surface area contributed by atoms with Crippen molar-refractivity contribution in [3.63, 3.8) is 0 Å². The Labute approximate surface area is 105 Å². The monoisotopic (exact) mass is 287 g/mol. The molecule has 2 rings (SSSR count). The molecule has 3 heteroatoms. The molecule has 1 aliphatic rings. The lowest BCUT2D eigenvalue weighted by Gasteiger charge is -2.32. The summed E-state index contributed by atoms with van der Waals surface area (Å²) in [5.74, 6) is 0.854. The van der Waals surface area contributed by atoms with Gasteiger partial charge < -0.3 is 4.90 Å². The van der Waals surface area contributed by atoms with Crippen LogP contribution in [0.5, 0.6) is 0 Å². The van der Waals surface area contributed by atoms with E-state index in [1.165, 1.54) is 12.8 Å². The molecule has 1 aromatic rings. The molecule has 1 aliphatic heterocycles. The van der Waals surface area contributed by atoms with Crippen molar-refractivity contribution in [3.05, 3.63) is 27.7 Å². The van der Waals surface area contributed by atoms with Crippen LogP contribution in [0.15, 0.2) is 22.7 Å². The van der Waals surface area contributed by atoms with Gasteiger partial charge in [-0.25, -0.2) is 0 Å². The molecule has 0 saturated carbocycles. The molecule has 0 aromatic heterocycles. The van der Waals surface area contributed by atoms with Crippen molar-refractivity contribution in [2.24, 2.45) is 5.92 Å². The number of piperidine rings is 1. The van der Waals surface area contributed by atoms with Gasteiger partial charge in [-0.2, -0.15) is 0 Å². The molecule has 1 heterocycles. The van der Waals surface area contributed by atoms with Crippen molar-refractivity contribution in [3.8, 4) is 0 Å². The SMILES string of the molecule is CC1CCN(c2cc(Br)ccc2Cl)CC1. The largest absolute Gasteiger partial charge is 0.370 e. The maximum atomic E-state index is 6.20. The summed E-state index contributed by atoms with van der Waals surface area (Å²) in [6.45, 7) is 4.56. The van der Waals surface area contributed by atoms with Crippen molar-refractivity contribution in [1.29, 1.82) is 0 Å². The molecule has 1 fully saturated rings. The fourth-order valence-electron chi connectivity index (χ4n) is 1.98. The van der Waals surface area contributed by atoms with Gasteiger partial charge in [0, 0.05) is 17.6 Å². The number of hydrogen-bond acceptors (Lipinski definition) is 1. The molecule has 0 atom stereocenters. The zero-order valence-electron chi connectivity index (χ0n) is 8.84. The zero-order valence-corrected chi connectivity index (χ0v) is 11.2. The van der Waals surface area contributed by atoms with Gasteiger partial charge in [0.2, 0.25) is 0 Å². The standard InChI is InChI=1S/C12H15BrClN/c1-9-4-6-15(7-5-9)12-8-10(13)2-3-11(12)14/h2-3,8-9H,4-7H2,1H3. The molecule has 82 valence electrons. The predicted molar refractivity (Wildman–Crippen MR) is 69.8 cm³/mol. The van der Waals surface area contributed by atoms with Gasteiger partial charge in [0.05, 0.1) is 10.7 Å². The molecule has 0 unspecified atom stereocenters. The van der Waals surface area contributed by atoms with Crippen molar-refractivity contribution in [2.45, 2.75) is 19.8 Å². The van der Waals surface area contributed by atoms with Crippen LogP contribution in [-0.2, 0) is 0 Å². The minimum absolute atomic E-state index is 0.854. The molecule has 0 aliphatic carbocycles. The van der Waals surface area contributed by atoms with E-state index in [2.05, 4.69) is 33.8 Å². The molecule has 1 saturated heterocycles. The minimum Gasteiger partial charge on any atom is -0.370 e. The third kappa shape index (κ3) is 2.67. The zero-order chi connectivity index (χ0) is 10.8. The second kappa shape index (κ2) is 4.75. The van der Waals surface area contributed by atoms with Crippen LogP contribution in [0.1, 0.15) is 19.8 Å². The van der Waals surface area contributed by atoms with Crippen LogP contribution >= 0.6 is 27.5 Å². The number of hydrogen-bond donors (Lipinski definition) is 0. The Kier molecular flexibility index (Phi) is 3.57. The molecule has 1 aromatic carbocycles. The van der Waals surface area contributed by atoms with E-state index >= 15 is 0 Å². The number of benzene rings is 1. The first-order valence-corrected chi connectivity index (χ1v) is 6.54. The number of halogens is 2. The van der Waals surface area contributed by atoms with E-state index in [4.69, 9.17) is 11.6 Å². The van der Waals surface area contributed by atoms with Gasteiger partial charge in [-0.15, -0.1) is 0 Å². The summed E-state index contributed by atoms with van der Waals surface area (Å²) in [5, 5.41) is 0.854. The third-order valence-corrected chi connectivity index (χ3v) is 3.85. The Hall–Kier alpha value is -0.210. The smallest absolute Gasteiger partial charge is 0.0640 e. The van der Waals surface area contributed by atoms with E-state index in [-0.39, 0.29) is 0 Å². The fraction of sp³-hybridized carbons (Fsp3) is 0.500. The summed E-state index contributed by atoms with van der Waals surface area (Å²) in [6, 6.07) is 6.05. The lowest BCUT2D eigenvalue weighted by molar-refractivity contribution is 0.438. The summed E-state index contributed by atoms with van der Waals surface area (Å²) >= 11 is 9.69. The van der Waals surface area contributed by atoms with E-state index in [0.717, 1.165) is 34.2 Å². The van der Waals surface area contributed by atoms with Crippen molar-refractivity contribution < 1.29 is 0 Å². The third-order valence-electron chi connectivity index (χ3n) is 3.03. The quantitative estimate of drug-likeness (QED) is 0.743. The van der Waals surface area contributed by atoms with Crippen molar-refractivity contribution >= 4 is 33.2 Å².